The van der Waals surface area contributed by atoms with Crippen molar-refractivity contribution in [3.63, 3.8) is 0 Å². The first-order valence-corrected chi connectivity index (χ1v) is 6.90. The van der Waals surface area contributed by atoms with Gasteiger partial charge in [-0.1, -0.05) is 27.5 Å². The molecule has 1 aliphatic heterocycles. The number of halogens is 3. The second-order valence-corrected chi connectivity index (χ2v) is 5.50. The van der Waals surface area contributed by atoms with Crippen LogP contribution in [0.4, 0.5) is 4.39 Å². The molecule has 2 nitrogen and oxygen atoms in total. The van der Waals surface area contributed by atoms with Gasteiger partial charge < -0.3 is 10.2 Å². The molecular formula is C12H15BrClFN2. The first-order valence-electron chi connectivity index (χ1n) is 5.73. The van der Waals surface area contributed by atoms with Gasteiger partial charge in [-0.15, -0.1) is 0 Å². The molecule has 94 valence electrons. The van der Waals surface area contributed by atoms with Crippen molar-refractivity contribution in [2.75, 3.05) is 32.7 Å². The Morgan fingerprint density at radius 2 is 2.06 bits per heavy atom. The summed E-state index contributed by atoms with van der Waals surface area (Å²) in [5.74, 6) is -0.351. The molecule has 1 aromatic carbocycles. The first-order chi connectivity index (χ1) is 8.16. The van der Waals surface area contributed by atoms with Crippen LogP contribution in [0.2, 0.25) is 5.02 Å². The van der Waals surface area contributed by atoms with E-state index < -0.39 is 0 Å². The van der Waals surface area contributed by atoms with Gasteiger partial charge in [0.25, 0.3) is 0 Å². The summed E-state index contributed by atoms with van der Waals surface area (Å²) in [6, 6.07) is 3.30. The highest BCUT2D eigenvalue weighted by atomic mass is 79.9. The summed E-state index contributed by atoms with van der Waals surface area (Å²) >= 11 is 9.25. The number of piperazine rings is 1. The predicted molar refractivity (Wildman–Crippen MR) is 72.1 cm³/mol. The molecule has 0 bridgehead atoms. The normalized spacial score (nSPS) is 17.4. The van der Waals surface area contributed by atoms with E-state index >= 15 is 0 Å². The Labute approximate surface area is 114 Å². The van der Waals surface area contributed by atoms with Crippen LogP contribution in [0.1, 0.15) is 5.56 Å². The summed E-state index contributed by atoms with van der Waals surface area (Å²) < 4.78 is 14.2. The lowest BCUT2D eigenvalue weighted by Crippen LogP contribution is -2.44. The zero-order chi connectivity index (χ0) is 12.3. The minimum absolute atomic E-state index is 0.253. The number of nitrogens with zero attached hydrogens (tertiary/aromatic N) is 1. The van der Waals surface area contributed by atoms with Crippen molar-refractivity contribution in [3.8, 4) is 0 Å². The van der Waals surface area contributed by atoms with Crippen LogP contribution in [-0.2, 0) is 6.42 Å². The summed E-state index contributed by atoms with van der Waals surface area (Å²) in [5.41, 5.74) is 0.872. The molecule has 1 N–H and O–H groups in total. The maximum absolute atomic E-state index is 13.4. The van der Waals surface area contributed by atoms with Gasteiger partial charge in [-0.2, -0.15) is 0 Å². The van der Waals surface area contributed by atoms with E-state index in [1.807, 2.05) is 6.07 Å². The lowest BCUT2D eigenvalue weighted by atomic mass is 10.1. The Morgan fingerprint density at radius 1 is 1.35 bits per heavy atom. The Balaban J connectivity index is 1.98. The Morgan fingerprint density at radius 3 is 2.76 bits per heavy atom. The lowest BCUT2D eigenvalue weighted by molar-refractivity contribution is 0.244. The maximum atomic E-state index is 13.4. The molecule has 0 atom stereocenters. The van der Waals surface area contributed by atoms with E-state index in [4.69, 9.17) is 11.6 Å². The van der Waals surface area contributed by atoms with Crippen molar-refractivity contribution in [3.05, 3.63) is 33.0 Å². The monoisotopic (exact) mass is 320 g/mol. The van der Waals surface area contributed by atoms with Crippen LogP contribution >= 0.6 is 27.5 Å². The zero-order valence-electron chi connectivity index (χ0n) is 9.48. The highest BCUT2D eigenvalue weighted by molar-refractivity contribution is 9.10. The molecule has 1 fully saturated rings. The number of hydrogen-bond donors (Lipinski definition) is 1. The molecule has 1 heterocycles. The first kappa shape index (κ1) is 13.3. The number of rotatable bonds is 3. The van der Waals surface area contributed by atoms with E-state index in [2.05, 4.69) is 26.1 Å². The van der Waals surface area contributed by atoms with Crippen molar-refractivity contribution in [2.24, 2.45) is 0 Å². The molecule has 17 heavy (non-hydrogen) atoms. The van der Waals surface area contributed by atoms with Crippen LogP contribution in [0.3, 0.4) is 0 Å². The largest absolute Gasteiger partial charge is 0.314 e. The van der Waals surface area contributed by atoms with E-state index in [0.29, 0.717) is 0 Å². The maximum Gasteiger partial charge on any atom is 0.143 e. The second kappa shape index (κ2) is 6.14. The summed E-state index contributed by atoms with van der Waals surface area (Å²) in [5, 5.41) is 3.56. The predicted octanol–water partition coefficient (Wildman–Crippen LogP) is 2.69. The average molecular weight is 322 g/mol. The van der Waals surface area contributed by atoms with E-state index in [-0.39, 0.29) is 10.8 Å². The van der Waals surface area contributed by atoms with Gasteiger partial charge in [0.15, 0.2) is 0 Å². The third-order valence-corrected chi connectivity index (χ3v) is 3.86. The fourth-order valence-electron chi connectivity index (χ4n) is 2.00. The third-order valence-electron chi connectivity index (χ3n) is 2.98. The molecule has 0 amide bonds. The Hall–Kier alpha value is -0.160. The fourth-order valence-corrected chi connectivity index (χ4v) is 2.69. The summed E-state index contributed by atoms with van der Waals surface area (Å²) in [6.07, 6.45) is 0.787. The molecular weight excluding hydrogens is 307 g/mol. The number of hydrogen-bond acceptors (Lipinski definition) is 2. The number of nitrogens with one attached hydrogen (secondary N) is 1. The minimum Gasteiger partial charge on any atom is -0.314 e. The molecule has 0 aromatic heterocycles. The second-order valence-electron chi connectivity index (χ2n) is 4.20. The quantitative estimate of drug-likeness (QED) is 0.861. The highest BCUT2D eigenvalue weighted by Crippen LogP contribution is 2.25. The van der Waals surface area contributed by atoms with Crippen LogP contribution in [0.5, 0.6) is 0 Å². The SMILES string of the molecule is Fc1cc(Br)cc(CCN2CCNCC2)c1Cl. The van der Waals surface area contributed by atoms with Crippen molar-refractivity contribution in [2.45, 2.75) is 6.42 Å². The van der Waals surface area contributed by atoms with Crippen LogP contribution in [-0.4, -0.2) is 37.6 Å². The van der Waals surface area contributed by atoms with Gasteiger partial charge in [-0.05, 0) is 24.1 Å². The molecule has 0 radical (unpaired) electrons. The van der Waals surface area contributed by atoms with Crippen LogP contribution in [0.25, 0.3) is 0 Å². The van der Waals surface area contributed by atoms with Crippen molar-refractivity contribution in [1.82, 2.24) is 10.2 Å². The molecule has 5 heteroatoms. The van der Waals surface area contributed by atoms with Gasteiger partial charge >= 0.3 is 0 Å². The lowest BCUT2D eigenvalue weighted by Gasteiger charge is -2.27. The van der Waals surface area contributed by atoms with Crippen molar-refractivity contribution >= 4 is 27.5 Å². The third kappa shape index (κ3) is 3.65. The van der Waals surface area contributed by atoms with Crippen LogP contribution < -0.4 is 5.32 Å². The molecule has 2 rings (SSSR count). The van der Waals surface area contributed by atoms with Gasteiger partial charge in [0.1, 0.15) is 5.82 Å². The summed E-state index contributed by atoms with van der Waals surface area (Å²) in [4.78, 5) is 2.37. The highest BCUT2D eigenvalue weighted by Gasteiger charge is 2.12. The van der Waals surface area contributed by atoms with E-state index in [9.17, 15) is 4.39 Å². The molecule has 1 aliphatic rings. The standard InChI is InChI=1S/C12H15BrClFN2/c13-10-7-9(12(14)11(15)8-10)1-4-17-5-2-16-3-6-17/h7-8,16H,1-6H2. The van der Waals surface area contributed by atoms with E-state index in [1.54, 1.807) is 0 Å². The minimum atomic E-state index is -0.351. The van der Waals surface area contributed by atoms with Gasteiger partial charge in [0, 0.05) is 37.2 Å². The van der Waals surface area contributed by atoms with Gasteiger partial charge in [-0.25, -0.2) is 4.39 Å². The molecule has 0 spiro atoms. The van der Waals surface area contributed by atoms with Crippen LogP contribution in [0, 0.1) is 5.82 Å². The zero-order valence-corrected chi connectivity index (χ0v) is 11.8. The smallest absolute Gasteiger partial charge is 0.143 e. The van der Waals surface area contributed by atoms with Crippen molar-refractivity contribution in [1.29, 1.82) is 0 Å². The Kier molecular flexibility index (Phi) is 4.79. The molecule has 0 saturated carbocycles. The van der Waals surface area contributed by atoms with Crippen LogP contribution in [0.15, 0.2) is 16.6 Å². The fraction of sp³-hybridized carbons (Fsp3) is 0.500. The molecule has 1 aromatic rings. The van der Waals surface area contributed by atoms with Gasteiger partial charge in [0.2, 0.25) is 0 Å². The average Bonchev–Trinajstić information content (AvgIpc) is 2.33. The molecule has 0 unspecified atom stereocenters. The van der Waals surface area contributed by atoms with Gasteiger partial charge in [-0.3, -0.25) is 0 Å². The van der Waals surface area contributed by atoms with Crippen molar-refractivity contribution < 1.29 is 4.39 Å². The summed E-state index contributed by atoms with van der Waals surface area (Å²) in [7, 11) is 0. The van der Waals surface area contributed by atoms with E-state index in [1.165, 1.54) is 6.07 Å². The Bertz CT molecular complexity index is 394. The molecule has 1 saturated heterocycles. The van der Waals surface area contributed by atoms with Gasteiger partial charge in [0.05, 0.1) is 5.02 Å². The number of benzene rings is 1. The molecule has 0 aliphatic carbocycles. The summed E-state index contributed by atoms with van der Waals surface area (Å²) in [6.45, 7) is 5.08. The topological polar surface area (TPSA) is 15.3 Å². The van der Waals surface area contributed by atoms with E-state index in [0.717, 1.165) is 49.2 Å².